The average molecular weight is 362 g/mol. The van der Waals surface area contributed by atoms with Crippen molar-refractivity contribution in [1.29, 1.82) is 0 Å². The summed E-state index contributed by atoms with van der Waals surface area (Å²) in [7, 11) is 0. The number of benzene rings is 1. The van der Waals surface area contributed by atoms with Crippen LogP contribution in [-0.4, -0.2) is 21.6 Å². The van der Waals surface area contributed by atoms with Crippen LogP contribution in [0.15, 0.2) is 30.5 Å². The second-order valence-corrected chi connectivity index (χ2v) is 7.02. The van der Waals surface area contributed by atoms with Crippen molar-refractivity contribution in [1.82, 2.24) is 9.78 Å². The van der Waals surface area contributed by atoms with Crippen LogP contribution in [0.4, 0.5) is 10.2 Å². The number of imide groups is 1. The lowest BCUT2D eigenvalue weighted by Gasteiger charge is -2.19. The van der Waals surface area contributed by atoms with E-state index in [9.17, 15) is 14.0 Å². The molecule has 1 aliphatic carbocycles. The van der Waals surface area contributed by atoms with Gasteiger partial charge in [0.05, 0.1) is 18.4 Å². The lowest BCUT2D eigenvalue weighted by molar-refractivity contribution is -0.122. The Morgan fingerprint density at radius 2 is 1.80 bits per heavy atom. The number of anilines is 1. The summed E-state index contributed by atoms with van der Waals surface area (Å²) in [6.45, 7) is 0.336. The molecule has 1 aromatic heterocycles. The number of carbonyl (C=O) groups is 2. The summed E-state index contributed by atoms with van der Waals surface area (Å²) in [6.07, 6.45) is 5.23. The summed E-state index contributed by atoms with van der Waals surface area (Å²) >= 11 is 6.04. The highest BCUT2D eigenvalue weighted by Gasteiger charge is 2.49. The molecule has 1 aromatic carbocycles. The van der Waals surface area contributed by atoms with Gasteiger partial charge in [0.25, 0.3) is 0 Å². The third kappa shape index (κ3) is 2.84. The van der Waals surface area contributed by atoms with E-state index in [1.807, 2.05) is 0 Å². The van der Waals surface area contributed by atoms with Crippen molar-refractivity contribution in [3.05, 3.63) is 46.9 Å². The zero-order valence-electron chi connectivity index (χ0n) is 13.5. The quantitative estimate of drug-likeness (QED) is 0.787. The van der Waals surface area contributed by atoms with Gasteiger partial charge in [-0.15, -0.1) is 0 Å². The first-order chi connectivity index (χ1) is 12.0. The number of halogens is 2. The summed E-state index contributed by atoms with van der Waals surface area (Å²) in [5, 5.41) is 4.67. The maximum Gasteiger partial charge on any atom is 0.238 e. The fraction of sp³-hybridized carbons (Fsp3) is 0.389. The molecule has 2 amide bonds. The van der Waals surface area contributed by atoms with Crippen molar-refractivity contribution in [3.63, 3.8) is 0 Å². The van der Waals surface area contributed by atoms with Crippen molar-refractivity contribution in [2.24, 2.45) is 11.8 Å². The van der Waals surface area contributed by atoms with E-state index in [1.54, 1.807) is 23.0 Å². The van der Waals surface area contributed by atoms with E-state index in [2.05, 4.69) is 5.10 Å². The van der Waals surface area contributed by atoms with Crippen LogP contribution in [0, 0.1) is 17.7 Å². The van der Waals surface area contributed by atoms with E-state index in [4.69, 9.17) is 11.6 Å². The third-order valence-corrected chi connectivity index (χ3v) is 5.40. The largest absolute Gasteiger partial charge is 0.274 e. The van der Waals surface area contributed by atoms with Gasteiger partial charge in [0.15, 0.2) is 5.82 Å². The molecule has 2 atom stereocenters. The highest BCUT2D eigenvalue weighted by atomic mass is 35.5. The molecule has 0 spiro atoms. The highest BCUT2D eigenvalue weighted by Crippen LogP contribution is 2.39. The minimum atomic E-state index is -0.397. The Kier molecular flexibility index (Phi) is 4.07. The fourth-order valence-electron chi connectivity index (χ4n) is 3.77. The van der Waals surface area contributed by atoms with Crippen LogP contribution >= 0.6 is 11.6 Å². The number of aromatic nitrogens is 2. The molecule has 5 nitrogen and oxygen atoms in total. The molecule has 7 heteroatoms. The Labute approximate surface area is 149 Å². The second-order valence-electron chi connectivity index (χ2n) is 6.62. The predicted octanol–water partition coefficient (Wildman–Crippen LogP) is 3.40. The first kappa shape index (κ1) is 16.3. The SMILES string of the molecule is O=C1C2CCCCC2C(=O)N1c1ccn(Cc2ccc(F)cc2Cl)n1. The first-order valence-corrected chi connectivity index (χ1v) is 8.77. The van der Waals surface area contributed by atoms with E-state index < -0.39 is 5.82 Å². The molecule has 0 radical (unpaired) electrons. The molecule has 1 aliphatic heterocycles. The molecule has 2 heterocycles. The third-order valence-electron chi connectivity index (χ3n) is 5.04. The molecule has 4 rings (SSSR count). The molecule has 2 aliphatic rings. The molecular weight excluding hydrogens is 345 g/mol. The predicted molar refractivity (Wildman–Crippen MR) is 90.7 cm³/mol. The number of carbonyl (C=O) groups excluding carboxylic acids is 2. The van der Waals surface area contributed by atoms with Crippen LogP contribution in [-0.2, 0) is 16.1 Å². The van der Waals surface area contributed by atoms with Crippen molar-refractivity contribution < 1.29 is 14.0 Å². The Balaban J connectivity index is 1.57. The van der Waals surface area contributed by atoms with Gasteiger partial charge in [-0.05, 0) is 30.5 Å². The van der Waals surface area contributed by atoms with Gasteiger partial charge in [-0.1, -0.05) is 30.5 Å². The van der Waals surface area contributed by atoms with Crippen molar-refractivity contribution in [2.45, 2.75) is 32.2 Å². The summed E-state index contributed by atoms with van der Waals surface area (Å²) in [5.74, 6) is -0.719. The number of nitrogens with zero attached hydrogens (tertiary/aromatic N) is 3. The Bertz CT molecular complexity index is 827. The molecule has 0 N–H and O–H groups in total. The summed E-state index contributed by atoms with van der Waals surface area (Å²) in [5.41, 5.74) is 0.713. The van der Waals surface area contributed by atoms with Crippen LogP contribution in [0.25, 0.3) is 0 Å². The van der Waals surface area contributed by atoms with Crippen LogP contribution in [0.3, 0.4) is 0 Å². The van der Waals surface area contributed by atoms with Gasteiger partial charge in [-0.25, -0.2) is 9.29 Å². The number of rotatable bonds is 3. The van der Waals surface area contributed by atoms with Gasteiger partial charge in [-0.2, -0.15) is 5.10 Å². The van der Waals surface area contributed by atoms with Gasteiger partial charge in [-0.3, -0.25) is 14.3 Å². The van der Waals surface area contributed by atoms with Crippen molar-refractivity contribution in [2.75, 3.05) is 4.90 Å². The Morgan fingerprint density at radius 3 is 2.44 bits per heavy atom. The van der Waals surface area contributed by atoms with E-state index in [1.165, 1.54) is 17.0 Å². The van der Waals surface area contributed by atoms with Gasteiger partial charge >= 0.3 is 0 Å². The minimum Gasteiger partial charge on any atom is -0.274 e. The van der Waals surface area contributed by atoms with Crippen LogP contribution < -0.4 is 4.90 Å². The lowest BCUT2D eigenvalue weighted by atomic mass is 9.81. The summed E-state index contributed by atoms with van der Waals surface area (Å²) < 4.78 is 14.7. The number of hydrogen-bond donors (Lipinski definition) is 0. The van der Waals surface area contributed by atoms with Gasteiger partial charge in [0.1, 0.15) is 5.82 Å². The smallest absolute Gasteiger partial charge is 0.238 e. The van der Waals surface area contributed by atoms with Gasteiger partial charge in [0.2, 0.25) is 11.8 Å². The van der Waals surface area contributed by atoms with E-state index in [0.29, 0.717) is 22.9 Å². The highest BCUT2D eigenvalue weighted by molar-refractivity contribution is 6.31. The van der Waals surface area contributed by atoms with Crippen molar-refractivity contribution >= 4 is 29.2 Å². The number of fused-ring (bicyclic) bond motifs is 1. The molecule has 1 saturated carbocycles. The van der Waals surface area contributed by atoms with Gasteiger partial charge < -0.3 is 0 Å². The van der Waals surface area contributed by atoms with Crippen LogP contribution in [0.5, 0.6) is 0 Å². The van der Waals surface area contributed by atoms with Crippen LogP contribution in [0.2, 0.25) is 5.02 Å². The molecule has 2 aromatic rings. The zero-order valence-corrected chi connectivity index (χ0v) is 14.2. The Morgan fingerprint density at radius 1 is 1.12 bits per heavy atom. The molecular formula is C18H17ClFN3O2. The fourth-order valence-corrected chi connectivity index (χ4v) is 4.00. The topological polar surface area (TPSA) is 55.2 Å². The first-order valence-electron chi connectivity index (χ1n) is 8.40. The van der Waals surface area contributed by atoms with E-state index in [-0.39, 0.29) is 23.7 Å². The number of hydrogen-bond acceptors (Lipinski definition) is 3. The van der Waals surface area contributed by atoms with E-state index in [0.717, 1.165) is 25.7 Å². The average Bonchev–Trinajstić information content (AvgIpc) is 3.14. The molecule has 0 bridgehead atoms. The molecule has 2 fully saturated rings. The monoisotopic (exact) mass is 361 g/mol. The molecule has 130 valence electrons. The van der Waals surface area contributed by atoms with E-state index >= 15 is 0 Å². The number of amides is 2. The molecule has 1 saturated heterocycles. The normalized spacial score (nSPS) is 23.2. The maximum absolute atomic E-state index is 13.1. The zero-order chi connectivity index (χ0) is 17.6. The minimum absolute atomic E-state index is 0.139. The molecule has 2 unspecified atom stereocenters. The van der Waals surface area contributed by atoms with Crippen molar-refractivity contribution in [3.8, 4) is 0 Å². The summed E-state index contributed by atoms with van der Waals surface area (Å²) in [4.78, 5) is 26.4. The lowest BCUT2D eigenvalue weighted by Crippen LogP contribution is -2.31. The summed E-state index contributed by atoms with van der Waals surface area (Å²) in [6, 6.07) is 5.84. The van der Waals surface area contributed by atoms with Crippen LogP contribution in [0.1, 0.15) is 31.2 Å². The van der Waals surface area contributed by atoms with Gasteiger partial charge in [0, 0.05) is 17.3 Å². The Hall–Kier alpha value is -2.21. The maximum atomic E-state index is 13.1. The second kappa shape index (κ2) is 6.26. The molecule has 25 heavy (non-hydrogen) atoms. The standard InChI is InChI=1S/C18H17ClFN3O2/c19-15-9-12(20)6-5-11(15)10-22-8-7-16(21-22)23-17(24)13-3-1-2-4-14(13)18(23)25/h5-9,13-14H,1-4,10H2.